The Morgan fingerprint density at radius 2 is 2.05 bits per heavy atom. The zero-order valence-electron chi connectivity index (χ0n) is 10.8. The molecule has 100 valence electrons. The van der Waals surface area contributed by atoms with Gasteiger partial charge in [-0.25, -0.2) is 14.3 Å². The van der Waals surface area contributed by atoms with Crippen molar-refractivity contribution in [3.63, 3.8) is 0 Å². The second-order valence-electron chi connectivity index (χ2n) is 4.22. The van der Waals surface area contributed by atoms with Crippen LogP contribution in [0.4, 0.5) is 0 Å². The van der Waals surface area contributed by atoms with Crippen LogP contribution < -0.4 is 5.69 Å². The van der Waals surface area contributed by atoms with E-state index >= 15 is 0 Å². The van der Waals surface area contributed by atoms with Crippen molar-refractivity contribution in [2.45, 2.75) is 27.2 Å². The van der Waals surface area contributed by atoms with Crippen molar-refractivity contribution >= 4 is 17.3 Å². The molecule has 2 heterocycles. The van der Waals surface area contributed by atoms with Crippen LogP contribution in [0, 0.1) is 20.8 Å². The van der Waals surface area contributed by atoms with Gasteiger partial charge in [-0.15, -0.1) is 11.3 Å². The van der Waals surface area contributed by atoms with Crippen molar-refractivity contribution in [3.05, 3.63) is 38.5 Å². The number of hydrogen-bond acceptors (Lipinski definition) is 5. The lowest BCUT2D eigenvalue weighted by atomic mass is 10.1. The SMILES string of the molecule is Cc1csc(-n2c(C)c(CC(=O)O)c(C)nc2=O)n1. The predicted molar refractivity (Wildman–Crippen MR) is 71.1 cm³/mol. The van der Waals surface area contributed by atoms with E-state index in [9.17, 15) is 9.59 Å². The molecule has 2 aromatic heterocycles. The number of aryl methyl sites for hydroxylation is 2. The van der Waals surface area contributed by atoms with Gasteiger partial charge >= 0.3 is 11.7 Å². The largest absolute Gasteiger partial charge is 0.481 e. The Morgan fingerprint density at radius 1 is 1.37 bits per heavy atom. The Balaban J connectivity index is 2.68. The lowest BCUT2D eigenvalue weighted by Gasteiger charge is -2.12. The van der Waals surface area contributed by atoms with Gasteiger partial charge in [-0.05, 0) is 20.8 Å². The zero-order chi connectivity index (χ0) is 14.2. The maximum Gasteiger partial charge on any atom is 0.354 e. The second-order valence-corrected chi connectivity index (χ2v) is 5.06. The van der Waals surface area contributed by atoms with Crippen LogP contribution >= 0.6 is 11.3 Å². The molecule has 0 spiro atoms. The van der Waals surface area contributed by atoms with Crippen molar-refractivity contribution in [1.82, 2.24) is 14.5 Å². The highest BCUT2D eigenvalue weighted by atomic mass is 32.1. The minimum atomic E-state index is -0.950. The van der Waals surface area contributed by atoms with Crippen LogP contribution in [0.1, 0.15) is 22.6 Å². The van der Waals surface area contributed by atoms with Gasteiger partial charge in [0.15, 0.2) is 5.13 Å². The minimum absolute atomic E-state index is 0.157. The molecule has 0 saturated carbocycles. The molecule has 19 heavy (non-hydrogen) atoms. The number of aromatic nitrogens is 3. The smallest absolute Gasteiger partial charge is 0.354 e. The molecule has 0 saturated heterocycles. The van der Waals surface area contributed by atoms with Gasteiger partial charge in [0.05, 0.1) is 12.1 Å². The van der Waals surface area contributed by atoms with Gasteiger partial charge in [-0.1, -0.05) is 0 Å². The maximum atomic E-state index is 12.0. The Labute approximate surface area is 113 Å². The van der Waals surface area contributed by atoms with E-state index in [0.29, 0.717) is 22.1 Å². The van der Waals surface area contributed by atoms with E-state index in [-0.39, 0.29) is 6.42 Å². The van der Waals surface area contributed by atoms with Crippen molar-refractivity contribution in [1.29, 1.82) is 0 Å². The monoisotopic (exact) mass is 279 g/mol. The van der Waals surface area contributed by atoms with Crippen molar-refractivity contribution in [2.24, 2.45) is 0 Å². The molecule has 1 N–H and O–H groups in total. The van der Waals surface area contributed by atoms with Crippen LogP contribution in [0.5, 0.6) is 0 Å². The highest BCUT2D eigenvalue weighted by Gasteiger charge is 2.16. The first-order valence-corrected chi connectivity index (χ1v) is 6.51. The van der Waals surface area contributed by atoms with Gasteiger partial charge in [0, 0.05) is 22.3 Å². The zero-order valence-corrected chi connectivity index (χ0v) is 11.6. The summed E-state index contributed by atoms with van der Waals surface area (Å²) in [6, 6.07) is 0. The molecule has 0 fully saturated rings. The summed E-state index contributed by atoms with van der Waals surface area (Å²) in [6.07, 6.45) is -0.157. The normalized spacial score (nSPS) is 10.7. The van der Waals surface area contributed by atoms with E-state index in [1.807, 2.05) is 12.3 Å². The lowest BCUT2D eigenvalue weighted by molar-refractivity contribution is -0.136. The molecule has 2 aromatic rings. The molecule has 0 aliphatic rings. The molecule has 0 unspecified atom stereocenters. The molecule has 0 atom stereocenters. The Morgan fingerprint density at radius 3 is 2.58 bits per heavy atom. The van der Waals surface area contributed by atoms with Crippen LogP contribution in [0.2, 0.25) is 0 Å². The van der Waals surface area contributed by atoms with E-state index in [0.717, 1.165) is 5.69 Å². The summed E-state index contributed by atoms with van der Waals surface area (Å²) in [5.74, 6) is -0.950. The average molecular weight is 279 g/mol. The summed E-state index contributed by atoms with van der Waals surface area (Å²) in [5.41, 5.74) is 1.97. The second kappa shape index (κ2) is 4.93. The van der Waals surface area contributed by atoms with Gasteiger partial charge in [-0.3, -0.25) is 4.79 Å². The summed E-state index contributed by atoms with van der Waals surface area (Å²) in [6.45, 7) is 5.19. The van der Waals surface area contributed by atoms with E-state index in [1.54, 1.807) is 13.8 Å². The Hall–Kier alpha value is -2.02. The maximum absolute atomic E-state index is 12.0. The fourth-order valence-electron chi connectivity index (χ4n) is 1.88. The van der Waals surface area contributed by atoms with Gasteiger partial charge in [0.2, 0.25) is 0 Å². The van der Waals surface area contributed by atoms with Crippen molar-refractivity contribution in [3.8, 4) is 5.13 Å². The fraction of sp³-hybridized carbons (Fsp3) is 0.333. The Bertz CT molecular complexity index is 703. The molecule has 2 rings (SSSR count). The standard InChI is InChI=1S/C12H13N3O3S/c1-6-5-19-12(13-6)15-8(3)9(4-10(16)17)7(2)14-11(15)18/h5H,4H2,1-3H3,(H,16,17). The highest BCUT2D eigenvalue weighted by Crippen LogP contribution is 2.18. The molecule has 6 nitrogen and oxygen atoms in total. The Kier molecular flexibility index (Phi) is 3.48. The van der Waals surface area contributed by atoms with Crippen LogP contribution in [-0.4, -0.2) is 25.6 Å². The molecule has 0 radical (unpaired) electrons. The average Bonchev–Trinajstić information content (AvgIpc) is 2.70. The van der Waals surface area contributed by atoms with Crippen molar-refractivity contribution < 1.29 is 9.90 Å². The van der Waals surface area contributed by atoms with Gasteiger partial charge < -0.3 is 5.11 Å². The summed E-state index contributed by atoms with van der Waals surface area (Å²) in [4.78, 5) is 31.0. The summed E-state index contributed by atoms with van der Waals surface area (Å²) in [7, 11) is 0. The van der Waals surface area contributed by atoms with Crippen LogP contribution in [0.25, 0.3) is 5.13 Å². The third-order valence-corrected chi connectivity index (χ3v) is 3.73. The lowest BCUT2D eigenvalue weighted by Crippen LogP contribution is -2.27. The number of carboxylic acids is 1. The number of thiazole rings is 1. The first-order chi connectivity index (χ1) is 8.90. The van der Waals surface area contributed by atoms with Gasteiger partial charge in [-0.2, -0.15) is 4.98 Å². The van der Waals surface area contributed by atoms with Gasteiger partial charge in [0.25, 0.3) is 0 Å². The number of carbonyl (C=O) groups is 1. The molecule has 0 aromatic carbocycles. The molecular weight excluding hydrogens is 266 g/mol. The number of nitrogens with zero attached hydrogens (tertiary/aromatic N) is 3. The quantitative estimate of drug-likeness (QED) is 0.913. The van der Waals surface area contributed by atoms with E-state index < -0.39 is 11.7 Å². The first kappa shape index (κ1) is 13.4. The molecule has 0 bridgehead atoms. The van der Waals surface area contributed by atoms with Gasteiger partial charge in [0.1, 0.15) is 0 Å². The minimum Gasteiger partial charge on any atom is -0.481 e. The first-order valence-electron chi connectivity index (χ1n) is 5.63. The fourth-order valence-corrected chi connectivity index (χ4v) is 2.72. The highest BCUT2D eigenvalue weighted by molar-refractivity contribution is 7.12. The summed E-state index contributed by atoms with van der Waals surface area (Å²) >= 11 is 1.33. The molecule has 0 aliphatic carbocycles. The molecular formula is C12H13N3O3S. The van der Waals surface area contributed by atoms with E-state index in [2.05, 4.69) is 9.97 Å². The predicted octanol–water partition coefficient (Wildman–Crippen LogP) is 1.24. The summed E-state index contributed by atoms with van der Waals surface area (Å²) < 4.78 is 1.36. The van der Waals surface area contributed by atoms with E-state index in [1.165, 1.54) is 15.9 Å². The van der Waals surface area contributed by atoms with Crippen molar-refractivity contribution in [2.75, 3.05) is 0 Å². The topological polar surface area (TPSA) is 85.1 Å². The number of aliphatic carboxylic acids is 1. The number of carboxylic acid groups (broad SMARTS) is 1. The third-order valence-electron chi connectivity index (χ3n) is 2.79. The molecule has 7 heteroatoms. The number of rotatable bonds is 3. The number of hydrogen-bond donors (Lipinski definition) is 1. The third kappa shape index (κ3) is 2.55. The van der Waals surface area contributed by atoms with Crippen LogP contribution in [0.3, 0.4) is 0 Å². The van der Waals surface area contributed by atoms with Crippen LogP contribution in [-0.2, 0) is 11.2 Å². The molecule has 0 amide bonds. The summed E-state index contributed by atoms with van der Waals surface area (Å²) in [5, 5.41) is 11.3. The van der Waals surface area contributed by atoms with Crippen LogP contribution in [0.15, 0.2) is 10.2 Å². The molecule has 0 aliphatic heterocycles. The van der Waals surface area contributed by atoms with E-state index in [4.69, 9.17) is 5.11 Å².